The number of hydrogen-bond acceptors (Lipinski definition) is 2. The minimum absolute atomic E-state index is 0.112. The van der Waals surface area contributed by atoms with E-state index in [-0.39, 0.29) is 5.54 Å². The van der Waals surface area contributed by atoms with Crippen LogP contribution in [0.1, 0.15) is 27.7 Å². The average Bonchev–Trinajstić information content (AvgIpc) is 2.33. The van der Waals surface area contributed by atoms with Crippen LogP contribution in [0.5, 0.6) is 0 Å². The van der Waals surface area contributed by atoms with Gasteiger partial charge in [-0.15, -0.1) is 4.78 Å². The fraction of sp³-hybridized carbons (Fsp3) is 1.00. The van der Waals surface area contributed by atoms with E-state index < -0.39 is 7.44 Å². The molecule has 1 rings (SSSR count). The van der Waals surface area contributed by atoms with Gasteiger partial charge in [0.1, 0.15) is 0 Å². The second-order valence-electron chi connectivity index (χ2n) is 3.97. The molecule has 0 saturated carbocycles. The van der Waals surface area contributed by atoms with Gasteiger partial charge in [0.25, 0.3) is 7.44 Å². The second-order valence-corrected chi connectivity index (χ2v) is 6.36. The zero-order valence-corrected chi connectivity index (χ0v) is 9.26. The van der Waals surface area contributed by atoms with E-state index in [4.69, 9.17) is 4.84 Å². The van der Waals surface area contributed by atoms with Crippen molar-refractivity contribution < 1.29 is 9.40 Å². The van der Waals surface area contributed by atoms with Crippen molar-refractivity contribution in [2.75, 3.05) is 13.3 Å². The van der Waals surface area contributed by atoms with Gasteiger partial charge in [0, 0.05) is 12.2 Å². The van der Waals surface area contributed by atoms with Crippen molar-refractivity contribution in [1.82, 2.24) is 9.72 Å². The van der Waals surface area contributed by atoms with E-state index in [0.29, 0.717) is 6.61 Å². The van der Waals surface area contributed by atoms with Crippen molar-refractivity contribution in [2.45, 2.75) is 33.2 Å². The third-order valence-electron chi connectivity index (χ3n) is 1.65. The zero-order valence-electron chi connectivity index (χ0n) is 8.37. The minimum atomic E-state index is -2.30. The number of hydrogen-bond donors (Lipinski definition) is 0. The first-order chi connectivity index (χ1) is 5.31. The Labute approximate surface area is 73.9 Å². The monoisotopic (exact) mass is 192 g/mol. The maximum atomic E-state index is 11.8. The fourth-order valence-corrected chi connectivity index (χ4v) is 3.87. The highest BCUT2D eigenvalue weighted by Crippen LogP contribution is 2.70. The van der Waals surface area contributed by atoms with Gasteiger partial charge in [0.05, 0.1) is 6.61 Å². The summed E-state index contributed by atoms with van der Waals surface area (Å²) in [6, 6.07) is 0. The Bertz CT molecular complexity index is 224. The zero-order chi connectivity index (χ0) is 9.57. The molecule has 1 heterocycles. The lowest BCUT2D eigenvalue weighted by atomic mass is 10.1. The molecule has 3 unspecified atom stereocenters. The summed E-state index contributed by atoms with van der Waals surface area (Å²) in [5.74, 6) is 0. The summed E-state index contributed by atoms with van der Waals surface area (Å²) in [7, 11) is -2.30. The Morgan fingerprint density at radius 3 is 2.17 bits per heavy atom. The topological polar surface area (TPSA) is 32.3 Å². The maximum absolute atomic E-state index is 11.8. The standard InChI is InChI=1S/C7H17N2O2P/c1-6-11-9-8(7(2,3)4)12(9,5)10/h6H2,1-5H3. The highest BCUT2D eigenvalue weighted by molar-refractivity contribution is 7.63. The van der Waals surface area contributed by atoms with E-state index in [9.17, 15) is 4.57 Å². The predicted octanol–water partition coefficient (Wildman–Crippen LogP) is 2.09. The minimum Gasteiger partial charge on any atom is -0.284 e. The van der Waals surface area contributed by atoms with Crippen LogP contribution in [0.25, 0.3) is 0 Å². The van der Waals surface area contributed by atoms with Gasteiger partial charge < -0.3 is 0 Å². The lowest BCUT2D eigenvalue weighted by molar-refractivity contribution is -0.127. The van der Waals surface area contributed by atoms with Crippen molar-refractivity contribution in [3.8, 4) is 0 Å². The molecule has 3 atom stereocenters. The molecule has 4 nitrogen and oxygen atoms in total. The third-order valence-corrected chi connectivity index (χ3v) is 3.88. The molecule has 0 aromatic carbocycles. The molecular formula is C7H17N2O2P. The molecule has 0 aromatic rings. The van der Waals surface area contributed by atoms with Crippen LogP contribution in [0, 0.1) is 0 Å². The van der Waals surface area contributed by atoms with Crippen molar-refractivity contribution >= 4 is 7.44 Å². The maximum Gasteiger partial charge on any atom is 0.266 e. The van der Waals surface area contributed by atoms with E-state index in [1.807, 2.05) is 27.7 Å². The molecule has 0 amide bonds. The molecule has 1 aliphatic heterocycles. The molecule has 1 aliphatic rings. The summed E-state index contributed by atoms with van der Waals surface area (Å²) in [5.41, 5.74) is -0.112. The average molecular weight is 192 g/mol. The van der Waals surface area contributed by atoms with Gasteiger partial charge in [0.2, 0.25) is 0 Å². The van der Waals surface area contributed by atoms with Gasteiger partial charge >= 0.3 is 0 Å². The molecular weight excluding hydrogens is 175 g/mol. The van der Waals surface area contributed by atoms with Crippen LogP contribution in [0.4, 0.5) is 0 Å². The molecule has 72 valence electrons. The Hall–Kier alpha value is 0.110. The molecule has 0 N–H and O–H groups in total. The summed E-state index contributed by atoms with van der Waals surface area (Å²) >= 11 is 0. The molecule has 1 fully saturated rings. The lowest BCUT2D eigenvalue weighted by Crippen LogP contribution is -2.28. The van der Waals surface area contributed by atoms with Crippen LogP contribution in [0.15, 0.2) is 0 Å². The van der Waals surface area contributed by atoms with Gasteiger partial charge in [-0.1, -0.05) is 0 Å². The van der Waals surface area contributed by atoms with Crippen LogP contribution >= 0.6 is 7.44 Å². The first-order valence-electron chi connectivity index (χ1n) is 4.13. The summed E-state index contributed by atoms with van der Waals surface area (Å²) in [5, 5.41) is 0. The molecule has 0 aromatic heterocycles. The smallest absolute Gasteiger partial charge is 0.266 e. The summed E-state index contributed by atoms with van der Waals surface area (Å²) in [6.07, 6.45) is 0. The second kappa shape index (κ2) is 2.81. The Kier molecular flexibility index (Phi) is 2.39. The van der Waals surface area contributed by atoms with Crippen LogP contribution in [-0.4, -0.2) is 28.5 Å². The summed E-state index contributed by atoms with van der Waals surface area (Å²) in [6.45, 7) is 10.2. The summed E-state index contributed by atoms with van der Waals surface area (Å²) < 4.78 is 13.5. The molecule has 5 heteroatoms. The van der Waals surface area contributed by atoms with Crippen molar-refractivity contribution in [1.29, 1.82) is 0 Å². The highest BCUT2D eigenvalue weighted by Gasteiger charge is 2.60. The molecule has 0 radical (unpaired) electrons. The fourth-order valence-electron chi connectivity index (χ4n) is 1.32. The Balaban J connectivity index is 2.67. The van der Waals surface area contributed by atoms with Gasteiger partial charge in [-0.2, -0.15) is 0 Å². The normalized spacial score (nSPS) is 41.4. The molecule has 12 heavy (non-hydrogen) atoms. The van der Waals surface area contributed by atoms with E-state index in [1.54, 1.807) is 11.4 Å². The molecule has 0 bridgehead atoms. The lowest BCUT2D eigenvalue weighted by Gasteiger charge is -2.17. The summed E-state index contributed by atoms with van der Waals surface area (Å²) in [4.78, 5) is 6.71. The van der Waals surface area contributed by atoms with E-state index in [2.05, 4.69) is 0 Å². The van der Waals surface area contributed by atoms with Crippen LogP contribution < -0.4 is 0 Å². The first-order valence-corrected chi connectivity index (χ1v) is 6.19. The third kappa shape index (κ3) is 1.57. The number of nitrogens with zero attached hydrogens (tertiary/aromatic N) is 2. The first kappa shape index (κ1) is 10.2. The number of rotatable bonds is 2. The quantitative estimate of drug-likeness (QED) is 0.495. The van der Waals surface area contributed by atoms with Gasteiger partial charge in [0.15, 0.2) is 0 Å². The Morgan fingerprint density at radius 2 is 1.92 bits per heavy atom. The Morgan fingerprint density at radius 1 is 1.42 bits per heavy atom. The van der Waals surface area contributed by atoms with Crippen LogP contribution in [0.3, 0.4) is 0 Å². The molecule has 1 saturated heterocycles. The molecule has 0 aliphatic carbocycles. The predicted molar refractivity (Wildman–Crippen MR) is 48.6 cm³/mol. The largest absolute Gasteiger partial charge is 0.284 e. The number of hydrazine groups is 1. The van der Waals surface area contributed by atoms with Gasteiger partial charge in [-0.3, -0.25) is 9.40 Å². The van der Waals surface area contributed by atoms with E-state index in [1.165, 1.54) is 4.94 Å². The van der Waals surface area contributed by atoms with E-state index in [0.717, 1.165) is 0 Å². The van der Waals surface area contributed by atoms with Crippen molar-refractivity contribution in [3.63, 3.8) is 0 Å². The van der Waals surface area contributed by atoms with Crippen molar-refractivity contribution in [3.05, 3.63) is 0 Å². The van der Waals surface area contributed by atoms with Crippen molar-refractivity contribution in [2.24, 2.45) is 0 Å². The van der Waals surface area contributed by atoms with Gasteiger partial charge in [-0.25, -0.2) is 0 Å². The van der Waals surface area contributed by atoms with Crippen LogP contribution in [0.2, 0.25) is 0 Å². The van der Waals surface area contributed by atoms with E-state index >= 15 is 0 Å². The van der Waals surface area contributed by atoms with Gasteiger partial charge in [-0.05, 0) is 32.6 Å². The SMILES string of the molecule is CCON1N(C(C)(C)C)P1(C)=O. The molecule has 0 spiro atoms. The highest BCUT2D eigenvalue weighted by atomic mass is 31.2. The van der Waals surface area contributed by atoms with Crippen LogP contribution in [-0.2, 0) is 9.40 Å².